The molecule has 1 N–H and O–H groups in total. The van der Waals surface area contributed by atoms with Crippen LogP contribution in [-0.4, -0.2) is 23.8 Å². The van der Waals surface area contributed by atoms with E-state index in [1.54, 1.807) is 25.1 Å². The first-order chi connectivity index (χ1) is 8.52. The third-order valence-corrected chi connectivity index (χ3v) is 2.25. The molecule has 0 unspecified atom stereocenters. The zero-order valence-corrected chi connectivity index (χ0v) is 10.0. The van der Waals surface area contributed by atoms with E-state index >= 15 is 0 Å². The number of aliphatic carboxylic acids is 1. The van der Waals surface area contributed by atoms with E-state index in [9.17, 15) is 9.59 Å². The summed E-state index contributed by atoms with van der Waals surface area (Å²) in [4.78, 5) is 21.3. The van der Waals surface area contributed by atoms with Crippen LogP contribution in [0.15, 0.2) is 30.9 Å². The summed E-state index contributed by atoms with van der Waals surface area (Å²) in [5.41, 5.74) is 1.53. The fourth-order valence-corrected chi connectivity index (χ4v) is 1.33. The van der Waals surface area contributed by atoms with Crippen molar-refractivity contribution in [2.24, 2.45) is 0 Å². The van der Waals surface area contributed by atoms with Crippen molar-refractivity contribution in [1.82, 2.24) is 0 Å². The van der Waals surface area contributed by atoms with Gasteiger partial charge in [0.25, 0.3) is 0 Å². The normalized spacial score (nSPS) is 9.61. The lowest BCUT2D eigenvalue weighted by Gasteiger charge is -2.09. The van der Waals surface area contributed by atoms with Crippen LogP contribution in [0.1, 0.15) is 11.1 Å². The molecule has 0 aliphatic rings. The minimum Gasteiger partial charge on any atom is -0.481 e. The molecule has 5 nitrogen and oxygen atoms in total. The highest BCUT2D eigenvalue weighted by atomic mass is 16.7. The molecule has 18 heavy (non-hydrogen) atoms. The molecule has 0 aromatic heterocycles. The van der Waals surface area contributed by atoms with Gasteiger partial charge in [-0.15, -0.1) is 0 Å². The van der Waals surface area contributed by atoms with Crippen LogP contribution in [0.5, 0.6) is 5.75 Å². The van der Waals surface area contributed by atoms with Gasteiger partial charge in [-0.3, -0.25) is 4.79 Å². The molecule has 0 aliphatic carbocycles. The Labute approximate surface area is 105 Å². The quantitative estimate of drug-likeness (QED) is 0.472. The average molecular weight is 250 g/mol. The third kappa shape index (κ3) is 4.29. The van der Waals surface area contributed by atoms with Crippen LogP contribution in [0.3, 0.4) is 0 Å². The van der Waals surface area contributed by atoms with Gasteiger partial charge in [0, 0.05) is 6.08 Å². The number of ether oxygens (including phenoxy) is 2. The average Bonchev–Trinajstić information content (AvgIpc) is 2.32. The van der Waals surface area contributed by atoms with Gasteiger partial charge in [0.05, 0.1) is 6.42 Å². The topological polar surface area (TPSA) is 72.8 Å². The molecule has 0 aliphatic heterocycles. The Bertz CT molecular complexity index is 464. The van der Waals surface area contributed by atoms with E-state index in [1.807, 2.05) is 0 Å². The number of esters is 1. The lowest BCUT2D eigenvalue weighted by atomic mass is 10.1. The zero-order chi connectivity index (χ0) is 13.5. The van der Waals surface area contributed by atoms with E-state index in [-0.39, 0.29) is 13.2 Å². The van der Waals surface area contributed by atoms with Gasteiger partial charge in [-0.1, -0.05) is 12.6 Å². The highest BCUT2D eigenvalue weighted by Crippen LogP contribution is 2.17. The second-order valence-corrected chi connectivity index (χ2v) is 3.59. The van der Waals surface area contributed by atoms with Gasteiger partial charge in [0.2, 0.25) is 6.79 Å². The summed E-state index contributed by atoms with van der Waals surface area (Å²) < 4.78 is 9.84. The summed E-state index contributed by atoms with van der Waals surface area (Å²) in [5, 5.41) is 8.69. The standard InChI is InChI=1S/C13H14O5/c1-3-13(16)18-8-17-11-5-4-10(7-12(14)15)9(2)6-11/h3-6H,1,7-8H2,2H3,(H,14,15). The number of hydrogen-bond donors (Lipinski definition) is 1. The van der Waals surface area contributed by atoms with Gasteiger partial charge in [-0.05, 0) is 30.2 Å². The molecule has 0 heterocycles. The summed E-state index contributed by atoms with van der Waals surface area (Å²) in [6, 6.07) is 5.00. The van der Waals surface area contributed by atoms with Gasteiger partial charge in [-0.25, -0.2) is 4.79 Å². The van der Waals surface area contributed by atoms with Crippen molar-refractivity contribution >= 4 is 11.9 Å². The number of rotatable bonds is 6. The van der Waals surface area contributed by atoms with Crippen LogP contribution in [0.4, 0.5) is 0 Å². The summed E-state index contributed by atoms with van der Waals surface area (Å²) in [6.07, 6.45) is 1.02. The van der Waals surface area contributed by atoms with Crippen LogP contribution in [0, 0.1) is 6.92 Å². The van der Waals surface area contributed by atoms with Crippen LogP contribution in [0.2, 0.25) is 0 Å². The van der Waals surface area contributed by atoms with Gasteiger partial charge in [0.1, 0.15) is 5.75 Å². The molecule has 0 saturated heterocycles. The molecule has 1 aromatic rings. The molecule has 1 aromatic carbocycles. The fraction of sp³-hybridized carbons (Fsp3) is 0.231. The maximum atomic E-state index is 10.8. The number of hydrogen-bond acceptors (Lipinski definition) is 4. The minimum atomic E-state index is -0.883. The lowest BCUT2D eigenvalue weighted by molar-refractivity contribution is -0.144. The monoisotopic (exact) mass is 250 g/mol. The maximum absolute atomic E-state index is 10.8. The second-order valence-electron chi connectivity index (χ2n) is 3.59. The number of aryl methyl sites for hydroxylation is 1. The van der Waals surface area contributed by atoms with Crippen LogP contribution in [-0.2, 0) is 20.7 Å². The van der Waals surface area contributed by atoms with Crippen LogP contribution >= 0.6 is 0 Å². The van der Waals surface area contributed by atoms with Gasteiger partial charge in [-0.2, -0.15) is 0 Å². The molecule has 0 spiro atoms. The summed E-state index contributed by atoms with van der Waals surface area (Å²) in [7, 11) is 0. The Balaban J connectivity index is 2.58. The largest absolute Gasteiger partial charge is 0.481 e. The van der Waals surface area contributed by atoms with Gasteiger partial charge in [0.15, 0.2) is 0 Å². The fourth-order valence-electron chi connectivity index (χ4n) is 1.33. The predicted octanol–water partition coefficient (Wildman–Crippen LogP) is 1.69. The summed E-state index contributed by atoms with van der Waals surface area (Å²) in [6.45, 7) is 4.84. The van der Waals surface area contributed by atoms with E-state index in [0.29, 0.717) is 5.75 Å². The Morgan fingerprint density at radius 2 is 2.17 bits per heavy atom. The molecular weight excluding hydrogens is 236 g/mol. The van der Waals surface area contributed by atoms with E-state index in [0.717, 1.165) is 17.2 Å². The highest BCUT2D eigenvalue weighted by Gasteiger charge is 2.05. The first-order valence-electron chi connectivity index (χ1n) is 5.26. The van der Waals surface area contributed by atoms with Gasteiger partial charge < -0.3 is 14.6 Å². The Kier molecular flexibility index (Phi) is 4.92. The number of benzene rings is 1. The van der Waals surface area contributed by atoms with Crippen molar-refractivity contribution in [1.29, 1.82) is 0 Å². The number of carbonyl (C=O) groups excluding carboxylic acids is 1. The summed E-state index contributed by atoms with van der Waals surface area (Å²) >= 11 is 0. The van der Waals surface area contributed by atoms with Gasteiger partial charge >= 0.3 is 11.9 Å². The molecular formula is C13H14O5. The molecule has 0 atom stereocenters. The van der Waals surface area contributed by atoms with E-state index < -0.39 is 11.9 Å². The second kappa shape index (κ2) is 6.44. The molecule has 0 bridgehead atoms. The Morgan fingerprint density at radius 1 is 1.44 bits per heavy atom. The van der Waals surface area contributed by atoms with Crippen molar-refractivity contribution in [2.75, 3.05) is 6.79 Å². The SMILES string of the molecule is C=CC(=O)OCOc1ccc(CC(=O)O)c(C)c1. The van der Waals surface area contributed by atoms with Crippen molar-refractivity contribution in [3.63, 3.8) is 0 Å². The molecule has 0 fully saturated rings. The van der Waals surface area contributed by atoms with Crippen LogP contribution < -0.4 is 4.74 Å². The maximum Gasteiger partial charge on any atom is 0.333 e. The number of carbonyl (C=O) groups is 2. The first kappa shape index (κ1) is 13.8. The molecule has 0 amide bonds. The van der Waals surface area contributed by atoms with E-state index in [1.165, 1.54) is 0 Å². The molecule has 5 heteroatoms. The number of carboxylic acid groups (broad SMARTS) is 1. The van der Waals surface area contributed by atoms with E-state index in [4.69, 9.17) is 9.84 Å². The molecule has 0 saturated carbocycles. The van der Waals surface area contributed by atoms with E-state index in [2.05, 4.69) is 11.3 Å². The minimum absolute atomic E-state index is 0.0302. The molecule has 96 valence electrons. The van der Waals surface area contributed by atoms with Crippen LogP contribution in [0.25, 0.3) is 0 Å². The van der Waals surface area contributed by atoms with Crippen molar-refractivity contribution in [3.8, 4) is 5.75 Å². The number of carboxylic acids is 1. The smallest absolute Gasteiger partial charge is 0.333 e. The molecule has 0 radical (unpaired) electrons. The van der Waals surface area contributed by atoms with Crippen molar-refractivity contribution < 1.29 is 24.2 Å². The Hall–Kier alpha value is -2.30. The zero-order valence-electron chi connectivity index (χ0n) is 10.0. The molecule has 1 rings (SSSR count). The highest BCUT2D eigenvalue weighted by molar-refractivity contribution is 5.81. The van der Waals surface area contributed by atoms with Crippen molar-refractivity contribution in [2.45, 2.75) is 13.3 Å². The lowest BCUT2D eigenvalue weighted by Crippen LogP contribution is -2.08. The first-order valence-corrected chi connectivity index (χ1v) is 5.26. The van der Waals surface area contributed by atoms with Crippen molar-refractivity contribution in [3.05, 3.63) is 42.0 Å². The third-order valence-electron chi connectivity index (χ3n) is 2.25. The Morgan fingerprint density at radius 3 is 2.72 bits per heavy atom. The summed E-state index contributed by atoms with van der Waals surface area (Å²) in [5.74, 6) is -0.931. The predicted molar refractivity (Wildman–Crippen MR) is 64.3 cm³/mol.